The maximum Gasteiger partial charge on any atom is 0.220 e. The van der Waals surface area contributed by atoms with Crippen LogP contribution in [-0.2, 0) is 18.3 Å². The number of imidazole rings is 1. The number of aromatic nitrogens is 3. The van der Waals surface area contributed by atoms with Crippen molar-refractivity contribution in [1.82, 2.24) is 14.1 Å². The minimum atomic E-state index is -0.102. The summed E-state index contributed by atoms with van der Waals surface area (Å²) < 4.78 is 4.43. The van der Waals surface area contributed by atoms with E-state index >= 15 is 0 Å². The molecule has 0 unspecified atom stereocenters. The van der Waals surface area contributed by atoms with Crippen LogP contribution in [-0.4, -0.2) is 20.0 Å². The van der Waals surface area contributed by atoms with E-state index in [1.54, 1.807) is 0 Å². The summed E-state index contributed by atoms with van der Waals surface area (Å²) in [6.07, 6.45) is 8.64. The fourth-order valence-electron chi connectivity index (χ4n) is 3.91. The van der Waals surface area contributed by atoms with Gasteiger partial charge in [0.25, 0.3) is 0 Å². The third kappa shape index (κ3) is 4.78. The van der Waals surface area contributed by atoms with Crippen LogP contribution in [0.1, 0.15) is 50.4 Å². The molecule has 2 N–H and O–H groups in total. The Morgan fingerprint density at radius 3 is 2.31 bits per heavy atom. The SMILES string of the molecule is CCc1cnc(-c2ccc(C)n2C)n1-c1ccccc1.NC(=O)C1CCCCC1. The molecule has 0 saturated heterocycles. The number of hydrogen-bond acceptors (Lipinski definition) is 2. The van der Waals surface area contributed by atoms with Crippen LogP contribution in [0.3, 0.4) is 0 Å². The number of aryl methyl sites for hydroxylation is 2. The van der Waals surface area contributed by atoms with Gasteiger partial charge < -0.3 is 10.3 Å². The predicted octanol–water partition coefficient (Wildman–Crippen LogP) is 4.80. The Morgan fingerprint density at radius 1 is 1.10 bits per heavy atom. The van der Waals surface area contributed by atoms with Crippen LogP contribution < -0.4 is 5.73 Å². The van der Waals surface area contributed by atoms with Crippen molar-refractivity contribution in [2.24, 2.45) is 18.7 Å². The second-order valence-electron chi connectivity index (χ2n) is 7.75. The van der Waals surface area contributed by atoms with E-state index in [-0.39, 0.29) is 11.8 Å². The number of hydrogen-bond donors (Lipinski definition) is 1. The molecule has 2 heterocycles. The quantitative estimate of drug-likeness (QED) is 0.693. The first-order valence-corrected chi connectivity index (χ1v) is 10.6. The average molecular weight is 393 g/mol. The molecule has 29 heavy (non-hydrogen) atoms. The van der Waals surface area contributed by atoms with E-state index in [4.69, 9.17) is 5.73 Å². The lowest BCUT2D eigenvalue weighted by molar-refractivity contribution is -0.122. The molecule has 154 valence electrons. The number of nitrogens with two attached hydrogens (primary N) is 1. The minimum absolute atomic E-state index is 0.102. The van der Waals surface area contributed by atoms with Gasteiger partial charge >= 0.3 is 0 Å². The van der Waals surface area contributed by atoms with E-state index in [9.17, 15) is 4.79 Å². The standard InChI is InChI=1S/C17H19N3.C7H13NO/c1-4-14-12-18-17(16-11-10-13(2)19(16)3)20(14)15-8-6-5-7-9-15;8-7(9)6-4-2-1-3-5-6/h5-12H,4H2,1-3H3;6H,1-5H2,(H2,8,9). The maximum absolute atomic E-state index is 10.6. The summed E-state index contributed by atoms with van der Waals surface area (Å²) >= 11 is 0. The summed E-state index contributed by atoms with van der Waals surface area (Å²) in [5, 5.41) is 0. The summed E-state index contributed by atoms with van der Waals surface area (Å²) in [6, 6.07) is 14.7. The number of carbonyl (C=O) groups is 1. The van der Waals surface area contributed by atoms with Crippen LogP contribution in [0.15, 0.2) is 48.7 Å². The normalized spacial score (nSPS) is 14.3. The smallest absolute Gasteiger partial charge is 0.220 e. The number of para-hydroxylation sites is 1. The number of primary amides is 1. The molecule has 5 nitrogen and oxygen atoms in total. The highest BCUT2D eigenvalue weighted by Crippen LogP contribution is 2.26. The van der Waals surface area contributed by atoms with Crippen LogP contribution in [0, 0.1) is 12.8 Å². The first kappa shape index (κ1) is 20.9. The van der Waals surface area contributed by atoms with Gasteiger partial charge in [0.15, 0.2) is 5.82 Å². The molecular formula is C24H32N4O. The van der Waals surface area contributed by atoms with Crippen molar-refractivity contribution in [3.63, 3.8) is 0 Å². The van der Waals surface area contributed by atoms with Crippen molar-refractivity contribution in [2.75, 3.05) is 0 Å². The lowest BCUT2D eigenvalue weighted by Crippen LogP contribution is -2.24. The van der Waals surface area contributed by atoms with E-state index in [0.717, 1.165) is 36.5 Å². The molecular weight excluding hydrogens is 360 g/mol. The minimum Gasteiger partial charge on any atom is -0.369 e. The number of amides is 1. The first-order chi connectivity index (χ1) is 14.0. The first-order valence-electron chi connectivity index (χ1n) is 10.6. The average Bonchev–Trinajstić information content (AvgIpc) is 3.33. The fourth-order valence-corrected chi connectivity index (χ4v) is 3.91. The Bertz CT molecular complexity index is 933. The Morgan fingerprint density at radius 2 is 1.79 bits per heavy atom. The van der Waals surface area contributed by atoms with Crippen LogP contribution in [0.25, 0.3) is 17.2 Å². The molecule has 0 radical (unpaired) electrons. The maximum atomic E-state index is 10.6. The second kappa shape index (κ2) is 9.59. The highest BCUT2D eigenvalue weighted by Gasteiger charge is 2.17. The van der Waals surface area contributed by atoms with Gasteiger partial charge in [0, 0.05) is 36.2 Å². The molecule has 1 saturated carbocycles. The molecule has 0 aliphatic heterocycles. The van der Waals surface area contributed by atoms with Crippen LogP contribution in [0.4, 0.5) is 0 Å². The number of benzene rings is 1. The van der Waals surface area contributed by atoms with Crippen molar-refractivity contribution < 1.29 is 4.79 Å². The Balaban J connectivity index is 0.000000224. The number of rotatable bonds is 4. The van der Waals surface area contributed by atoms with Crippen LogP contribution in [0.5, 0.6) is 0 Å². The molecule has 2 aromatic heterocycles. The third-order valence-electron chi connectivity index (χ3n) is 5.82. The summed E-state index contributed by atoms with van der Waals surface area (Å²) in [6.45, 7) is 4.27. The van der Waals surface area contributed by atoms with Crippen molar-refractivity contribution in [3.8, 4) is 17.2 Å². The monoisotopic (exact) mass is 392 g/mol. The highest BCUT2D eigenvalue weighted by atomic mass is 16.1. The number of carbonyl (C=O) groups excluding carboxylic acids is 1. The van der Waals surface area contributed by atoms with Crippen LogP contribution in [0.2, 0.25) is 0 Å². The van der Waals surface area contributed by atoms with E-state index in [1.165, 1.54) is 30.7 Å². The molecule has 5 heteroatoms. The van der Waals surface area contributed by atoms with E-state index in [0.29, 0.717) is 0 Å². The van der Waals surface area contributed by atoms with Gasteiger partial charge in [-0.1, -0.05) is 44.4 Å². The molecule has 3 aromatic rings. The third-order valence-corrected chi connectivity index (χ3v) is 5.82. The fraction of sp³-hybridized carbons (Fsp3) is 0.417. The van der Waals surface area contributed by atoms with Gasteiger partial charge in [-0.2, -0.15) is 0 Å². The number of nitrogens with zero attached hydrogens (tertiary/aromatic N) is 3. The molecule has 1 aliphatic carbocycles. The lowest BCUT2D eigenvalue weighted by atomic mass is 9.89. The molecule has 0 atom stereocenters. The Hall–Kier alpha value is -2.82. The van der Waals surface area contributed by atoms with Gasteiger partial charge in [0.2, 0.25) is 5.91 Å². The molecule has 1 aromatic carbocycles. The zero-order valence-electron chi connectivity index (χ0n) is 17.8. The zero-order chi connectivity index (χ0) is 20.8. The largest absolute Gasteiger partial charge is 0.369 e. The van der Waals surface area contributed by atoms with Crippen molar-refractivity contribution in [2.45, 2.75) is 52.4 Å². The van der Waals surface area contributed by atoms with Gasteiger partial charge in [-0.25, -0.2) is 4.98 Å². The Labute approximate surface area is 173 Å². The van der Waals surface area contributed by atoms with E-state index in [2.05, 4.69) is 71.4 Å². The molecule has 1 fully saturated rings. The highest BCUT2D eigenvalue weighted by molar-refractivity contribution is 5.76. The van der Waals surface area contributed by atoms with Crippen molar-refractivity contribution >= 4 is 5.91 Å². The Kier molecular flexibility index (Phi) is 6.91. The zero-order valence-corrected chi connectivity index (χ0v) is 17.8. The van der Waals surface area contributed by atoms with E-state index < -0.39 is 0 Å². The van der Waals surface area contributed by atoms with Crippen LogP contribution >= 0.6 is 0 Å². The molecule has 1 aliphatic rings. The second-order valence-corrected chi connectivity index (χ2v) is 7.75. The molecule has 4 rings (SSSR count). The molecule has 0 bridgehead atoms. The summed E-state index contributed by atoms with van der Waals surface area (Å²) in [4.78, 5) is 15.2. The van der Waals surface area contributed by atoms with Crippen molar-refractivity contribution in [1.29, 1.82) is 0 Å². The summed E-state index contributed by atoms with van der Waals surface area (Å²) in [5.41, 5.74) is 9.90. The van der Waals surface area contributed by atoms with Gasteiger partial charge in [0.1, 0.15) is 0 Å². The summed E-state index contributed by atoms with van der Waals surface area (Å²) in [5.74, 6) is 1.09. The van der Waals surface area contributed by atoms with Gasteiger partial charge in [-0.3, -0.25) is 9.36 Å². The predicted molar refractivity (Wildman–Crippen MR) is 118 cm³/mol. The summed E-state index contributed by atoms with van der Waals surface area (Å²) in [7, 11) is 2.08. The molecule has 1 amide bonds. The topological polar surface area (TPSA) is 65.8 Å². The molecule has 0 spiro atoms. The van der Waals surface area contributed by atoms with Crippen molar-refractivity contribution in [3.05, 3.63) is 60.0 Å². The van der Waals surface area contributed by atoms with E-state index in [1.807, 2.05) is 12.3 Å². The van der Waals surface area contributed by atoms with Gasteiger partial charge in [-0.15, -0.1) is 0 Å². The lowest BCUT2D eigenvalue weighted by Gasteiger charge is -2.17. The van der Waals surface area contributed by atoms with Gasteiger partial charge in [0.05, 0.1) is 5.69 Å². The van der Waals surface area contributed by atoms with Gasteiger partial charge in [-0.05, 0) is 50.5 Å².